The van der Waals surface area contributed by atoms with Crippen LogP contribution in [0, 0.1) is 17.5 Å². The SMILES string of the molecule is Fc1ccccc1C(CBr)(CBr)Cc1c(F)cccc1F. The van der Waals surface area contributed by atoms with Crippen LogP contribution in [0.1, 0.15) is 11.1 Å². The Labute approximate surface area is 138 Å². The summed E-state index contributed by atoms with van der Waals surface area (Å²) in [6, 6.07) is 10.1. The Bertz CT molecular complexity index is 604. The molecular weight excluding hydrogens is 409 g/mol. The van der Waals surface area contributed by atoms with Crippen LogP contribution < -0.4 is 0 Å². The molecule has 2 rings (SSSR count). The van der Waals surface area contributed by atoms with Gasteiger partial charge in [0.2, 0.25) is 0 Å². The molecule has 0 saturated heterocycles. The van der Waals surface area contributed by atoms with Gasteiger partial charge in [-0.1, -0.05) is 56.1 Å². The maximum Gasteiger partial charge on any atom is 0.129 e. The molecule has 2 aromatic carbocycles. The van der Waals surface area contributed by atoms with Gasteiger partial charge in [0.1, 0.15) is 17.5 Å². The first kappa shape index (κ1) is 16.6. The third kappa shape index (κ3) is 3.34. The van der Waals surface area contributed by atoms with Gasteiger partial charge in [-0.25, -0.2) is 13.2 Å². The standard InChI is InChI=1S/C16H13Br2F3/c17-9-16(10-18,12-4-1-2-5-15(12)21)8-11-13(19)6-3-7-14(11)20/h1-7H,8-10H2. The molecule has 112 valence electrons. The van der Waals surface area contributed by atoms with Crippen molar-refractivity contribution in [1.29, 1.82) is 0 Å². The van der Waals surface area contributed by atoms with E-state index < -0.39 is 17.0 Å². The summed E-state index contributed by atoms with van der Waals surface area (Å²) < 4.78 is 41.9. The molecule has 2 aromatic rings. The van der Waals surface area contributed by atoms with Gasteiger partial charge in [0.05, 0.1) is 0 Å². The topological polar surface area (TPSA) is 0 Å². The molecule has 0 atom stereocenters. The summed E-state index contributed by atoms with van der Waals surface area (Å²) in [5.74, 6) is -1.61. The number of halogens is 5. The molecule has 0 bridgehead atoms. The Balaban J connectivity index is 2.51. The molecule has 0 aliphatic heterocycles. The molecule has 0 aromatic heterocycles. The highest BCUT2D eigenvalue weighted by Gasteiger charge is 2.34. The summed E-state index contributed by atoms with van der Waals surface area (Å²) in [6.07, 6.45) is 0.0585. The van der Waals surface area contributed by atoms with Crippen LogP contribution in [0.3, 0.4) is 0 Å². The van der Waals surface area contributed by atoms with Crippen molar-refractivity contribution in [3.05, 3.63) is 71.0 Å². The van der Waals surface area contributed by atoms with Crippen molar-refractivity contribution in [2.75, 3.05) is 10.7 Å². The van der Waals surface area contributed by atoms with E-state index in [9.17, 15) is 13.2 Å². The fraction of sp³-hybridized carbons (Fsp3) is 0.250. The number of alkyl halides is 2. The number of hydrogen-bond acceptors (Lipinski definition) is 0. The third-order valence-corrected chi connectivity index (χ3v) is 5.68. The summed E-state index contributed by atoms with van der Waals surface area (Å²) in [5.41, 5.74) is -0.366. The van der Waals surface area contributed by atoms with Crippen molar-refractivity contribution in [1.82, 2.24) is 0 Å². The molecule has 21 heavy (non-hydrogen) atoms. The van der Waals surface area contributed by atoms with E-state index in [1.54, 1.807) is 18.2 Å². The van der Waals surface area contributed by atoms with Gasteiger partial charge < -0.3 is 0 Å². The highest BCUT2D eigenvalue weighted by molar-refractivity contribution is 9.09. The van der Waals surface area contributed by atoms with Crippen molar-refractivity contribution < 1.29 is 13.2 Å². The first-order valence-electron chi connectivity index (χ1n) is 6.34. The number of hydrogen-bond donors (Lipinski definition) is 0. The Morgan fingerprint density at radius 2 is 1.29 bits per heavy atom. The molecule has 0 saturated carbocycles. The lowest BCUT2D eigenvalue weighted by atomic mass is 9.78. The summed E-state index contributed by atoms with van der Waals surface area (Å²) in [5, 5.41) is 0.750. The molecule has 0 radical (unpaired) electrons. The van der Waals surface area contributed by atoms with E-state index in [0.29, 0.717) is 16.2 Å². The summed E-state index contributed by atoms with van der Waals surface area (Å²) in [6.45, 7) is 0. The first-order valence-corrected chi connectivity index (χ1v) is 8.58. The average Bonchev–Trinajstić information content (AvgIpc) is 2.49. The van der Waals surface area contributed by atoms with Gasteiger partial charge in [-0.15, -0.1) is 0 Å². The molecule has 0 N–H and O–H groups in total. The molecular formula is C16H13Br2F3. The predicted octanol–water partition coefficient (Wildman–Crippen LogP) is 5.37. The van der Waals surface area contributed by atoms with E-state index >= 15 is 0 Å². The first-order chi connectivity index (χ1) is 10.0. The summed E-state index contributed by atoms with van der Waals surface area (Å²) in [7, 11) is 0. The predicted molar refractivity (Wildman–Crippen MR) is 85.7 cm³/mol. The van der Waals surface area contributed by atoms with Crippen molar-refractivity contribution in [3.63, 3.8) is 0 Å². The van der Waals surface area contributed by atoms with Crippen LogP contribution >= 0.6 is 31.9 Å². The van der Waals surface area contributed by atoms with Crippen molar-refractivity contribution >= 4 is 31.9 Å². The maximum absolute atomic E-state index is 14.1. The van der Waals surface area contributed by atoms with Crippen LogP contribution in [0.15, 0.2) is 42.5 Å². The highest BCUT2D eigenvalue weighted by atomic mass is 79.9. The molecule has 0 heterocycles. The molecule has 0 unspecified atom stereocenters. The van der Waals surface area contributed by atoms with Crippen LogP contribution in [0.5, 0.6) is 0 Å². The maximum atomic E-state index is 14.1. The molecule has 0 aliphatic rings. The van der Waals surface area contributed by atoms with Crippen LogP contribution in [0.25, 0.3) is 0 Å². The molecule has 0 aliphatic carbocycles. The molecule has 5 heteroatoms. The Hall–Kier alpha value is -0.810. The molecule has 0 nitrogen and oxygen atoms in total. The van der Waals surface area contributed by atoms with E-state index in [2.05, 4.69) is 31.9 Å². The van der Waals surface area contributed by atoms with Gasteiger partial charge in [0, 0.05) is 21.6 Å². The van der Waals surface area contributed by atoms with Gasteiger partial charge in [-0.2, -0.15) is 0 Å². The Morgan fingerprint density at radius 3 is 1.81 bits per heavy atom. The molecule has 0 amide bonds. The minimum absolute atomic E-state index is 0.0281. The van der Waals surface area contributed by atoms with E-state index in [-0.39, 0.29) is 17.8 Å². The lowest BCUT2D eigenvalue weighted by Crippen LogP contribution is -2.34. The van der Waals surface area contributed by atoms with Crippen LogP contribution in [0.2, 0.25) is 0 Å². The fourth-order valence-electron chi connectivity index (χ4n) is 2.30. The average molecular weight is 422 g/mol. The van der Waals surface area contributed by atoms with Crippen molar-refractivity contribution in [2.24, 2.45) is 0 Å². The van der Waals surface area contributed by atoms with Gasteiger partial charge in [-0.05, 0) is 30.2 Å². The number of rotatable bonds is 5. The zero-order valence-corrected chi connectivity index (χ0v) is 14.2. The number of benzene rings is 2. The minimum Gasteiger partial charge on any atom is -0.207 e. The van der Waals surface area contributed by atoms with Gasteiger partial charge >= 0.3 is 0 Å². The Kier molecular flexibility index (Phi) is 5.49. The van der Waals surface area contributed by atoms with Gasteiger partial charge in [-0.3, -0.25) is 0 Å². The largest absolute Gasteiger partial charge is 0.207 e. The van der Waals surface area contributed by atoms with Crippen LogP contribution in [0.4, 0.5) is 13.2 Å². The molecule has 0 fully saturated rings. The second kappa shape index (κ2) is 6.97. The normalized spacial score (nSPS) is 11.7. The minimum atomic E-state index is -0.769. The zero-order valence-electron chi connectivity index (χ0n) is 11.1. The lowest BCUT2D eigenvalue weighted by molar-refractivity contribution is 0.468. The fourth-order valence-corrected chi connectivity index (χ4v) is 4.23. The third-order valence-electron chi connectivity index (χ3n) is 3.53. The quantitative estimate of drug-likeness (QED) is 0.569. The van der Waals surface area contributed by atoms with E-state index in [0.717, 1.165) is 0 Å². The second-order valence-corrected chi connectivity index (χ2v) is 6.03. The van der Waals surface area contributed by atoms with Crippen molar-refractivity contribution in [2.45, 2.75) is 11.8 Å². The molecule has 0 spiro atoms. The second-order valence-electron chi connectivity index (χ2n) is 4.90. The summed E-state index contributed by atoms with van der Waals surface area (Å²) >= 11 is 6.74. The van der Waals surface area contributed by atoms with Crippen LogP contribution in [-0.2, 0) is 11.8 Å². The summed E-state index contributed by atoms with van der Waals surface area (Å²) in [4.78, 5) is 0. The van der Waals surface area contributed by atoms with Crippen molar-refractivity contribution in [3.8, 4) is 0 Å². The zero-order chi connectivity index (χ0) is 15.5. The smallest absolute Gasteiger partial charge is 0.129 e. The van der Waals surface area contributed by atoms with Crippen LogP contribution in [-0.4, -0.2) is 10.7 Å². The lowest BCUT2D eigenvalue weighted by Gasteiger charge is -2.31. The Morgan fingerprint density at radius 1 is 0.762 bits per heavy atom. The van der Waals surface area contributed by atoms with Gasteiger partial charge in [0.25, 0.3) is 0 Å². The van der Waals surface area contributed by atoms with E-state index in [1.807, 2.05) is 0 Å². The monoisotopic (exact) mass is 420 g/mol. The highest BCUT2D eigenvalue weighted by Crippen LogP contribution is 2.35. The van der Waals surface area contributed by atoms with E-state index in [1.165, 1.54) is 24.3 Å². The van der Waals surface area contributed by atoms with E-state index in [4.69, 9.17) is 0 Å². The van der Waals surface area contributed by atoms with Gasteiger partial charge in [0.15, 0.2) is 0 Å².